The van der Waals surface area contributed by atoms with Crippen molar-refractivity contribution in [3.63, 3.8) is 0 Å². The highest BCUT2D eigenvalue weighted by Gasteiger charge is 2.22. The number of carbonyl (C=O) groups is 1. The van der Waals surface area contributed by atoms with Crippen LogP contribution in [0, 0.1) is 11.8 Å². The molecule has 0 radical (unpaired) electrons. The summed E-state index contributed by atoms with van der Waals surface area (Å²) in [6.07, 6.45) is -0.303. The van der Waals surface area contributed by atoms with Crippen molar-refractivity contribution >= 4 is 17.6 Å². The maximum atomic E-state index is 11.1. The predicted molar refractivity (Wildman–Crippen MR) is 127 cm³/mol. The van der Waals surface area contributed by atoms with Crippen LogP contribution in [-0.4, -0.2) is 30.4 Å². The van der Waals surface area contributed by atoms with Gasteiger partial charge in [-0.2, -0.15) is 0 Å². The lowest BCUT2D eigenvalue weighted by Gasteiger charge is -2.27. The minimum Gasteiger partial charge on any atom is -0.490 e. The summed E-state index contributed by atoms with van der Waals surface area (Å²) in [5, 5.41) is 9.77. The largest absolute Gasteiger partial charge is 0.490 e. The minimum absolute atomic E-state index is 0.0368. The number of hydrogen-bond acceptors (Lipinski definition) is 4. The SMILES string of the molecule is CC#C[C@@H](CC(=O)O)c1ccc(OC[C@H]2COc3ccc(-c4cccc(Cl)c4)cc3O2)cc1. The van der Waals surface area contributed by atoms with Gasteiger partial charge in [-0.05, 0) is 60.0 Å². The smallest absolute Gasteiger partial charge is 0.304 e. The van der Waals surface area contributed by atoms with Crippen molar-refractivity contribution in [3.8, 4) is 40.2 Å². The van der Waals surface area contributed by atoms with Gasteiger partial charge < -0.3 is 19.3 Å². The maximum absolute atomic E-state index is 11.1. The molecule has 1 aliphatic heterocycles. The number of benzene rings is 3. The molecule has 33 heavy (non-hydrogen) atoms. The molecule has 168 valence electrons. The van der Waals surface area contributed by atoms with E-state index in [1.165, 1.54) is 0 Å². The molecule has 0 saturated carbocycles. The molecule has 5 nitrogen and oxygen atoms in total. The van der Waals surface area contributed by atoms with Gasteiger partial charge in [-0.3, -0.25) is 4.79 Å². The Bertz CT molecular complexity index is 1190. The number of carboxylic acids is 1. The summed E-state index contributed by atoms with van der Waals surface area (Å²) in [6.45, 7) is 2.40. The molecule has 0 saturated heterocycles. The summed E-state index contributed by atoms with van der Waals surface area (Å²) in [5.41, 5.74) is 2.84. The van der Waals surface area contributed by atoms with E-state index in [0.29, 0.717) is 35.5 Å². The van der Waals surface area contributed by atoms with Crippen molar-refractivity contribution in [2.24, 2.45) is 0 Å². The van der Waals surface area contributed by atoms with Gasteiger partial charge in [0, 0.05) is 5.02 Å². The van der Waals surface area contributed by atoms with Gasteiger partial charge in [-0.25, -0.2) is 0 Å². The number of aliphatic carboxylic acids is 1. The van der Waals surface area contributed by atoms with E-state index in [1.54, 1.807) is 6.92 Å². The zero-order valence-corrected chi connectivity index (χ0v) is 18.8. The molecule has 1 aliphatic rings. The van der Waals surface area contributed by atoms with Gasteiger partial charge in [0.15, 0.2) is 17.6 Å². The zero-order valence-electron chi connectivity index (χ0n) is 18.1. The number of halogens is 1. The summed E-state index contributed by atoms with van der Waals surface area (Å²) in [6, 6.07) is 20.8. The topological polar surface area (TPSA) is 65.0 Å². The first kappa shape index (κ1) is 22.6. The molecule has 1 heterocycles. The van der Waals surface area contributed by atoms with Crippen molar-refractivity contribution in [2.45, 2.75) is 25.4 Å². The Labute approximate surface area is 197 Å². The lowest BCUT2D eigenvalue weighted by molar-refractivity contribution is -0.137. The summed E-state index contributed by atoms with van der Waals surface area (Å²) in [5.74, 6) is 6.55. The first-order chi connectivity index (χ1) is 16.0. The third-order valence-electron chi connectivity index (χ3n) is 5.24. The van der Waals surface area contributed by atoms with Crippen molar-refractivity contribution in [1.82, 2.24) is 0 Å². The van der Waals surface area contributed by atoms with Crippen LogP contribution < -0.4 is 14.2 Å². The van der Waals surface area contributed by atoms with E-state index >= 15 is 0 Å². The Kier molecular flexibility index (Phi) is 7.07. The van der Waals surface area contributed by atoms with Crippen LogP contribution in [0.5, 0.6) is 17.2 Å². The molecule has 3 aromatic carbocycles. The lowest BCUT2D eigenvalue weighted by atomic mass is 9.96. The zero-order chi connectivity index (χ0) is 23.2. The van der Waals surface area contributed by atoms with Crippen LogP contribution in [0.25, 0.3) is 11.1 Å². The average Bonchev–Trinajstić information content (AvgIpc) is 2.82. The normalized spacial score (nSPS) is 15.2. The molecule has 0 spiro atoms. The van der Waals surface area contributed by atoms with Crippen LogP contribution in [0.15, 0.2) is 66.7 Å². The second-order valence-corrected chi connectivity index (χ2v) is 8.08. The number of fused-ring (bicyclic) bond motifs is 1. The first-order valence-corrected chi connectivity index (χ1v) is 11.0. The summed E-state index contributed by atoms with van der Waals surface area (Å²) in [7, 11) is 0. The summed E-state index contributed by atoms with van der Waals surface area (Å²) < 4.78 is 17.9. The van der Waals surface area contributed by atoms with Crippen molar-refractivity contribution in [3.05, 3.63) is 77.3 Å². The second kappa shape index (κ2) is 10.3. The van der Waals surface area contributed by atoms with Gasteiger partial charge in [-0.15, -0.1) is 5.92 Å². The van der Waals surface area contributed by atoms with Crippen LogP contribution in [-0.2, 0) is 4.79 Å². The van der Waals surface area contributed by atoms with Crippen LogP contribution in [0.4, 0.5) is 0 Å². The highest BCUT2D eigenvalue weighted by molar-refractivity contribution is 6.30. The number of carboxylic acid groups (broad SMARTS) is 1. The minimum atomic E-state index is -0.878. The van der Waals surface area contributed by atoms with Gasteiger partial charge in [0.25, 0.3) is 0 Å². The molecule has 0 unspecified atom stereocenters. The highest BCUT2D eigenvalue weighted by Crippen LogP contribution is 2.36. The quantitative estimate of drug-likeness (QED) is 0.449. The van der Waals surface area contributed by atoms with E-state index in [0.717, 1.165) is 16.7 Å². The van der Waals surface area contributed by atoms with E-state index < -0.39 is 5.97 Å². The second-order valence-electron chi connectivity index (χ2n) is 7.65. The molecule has 6 heteroatoms. The summed E-state index contributed by atoms with van der Waals surface area (Å²) >= 11 is 6.12. The molecule has 0 aliphatic carbocycles. The summed E-state index contributed by atoms with van der Waals surface area (Å²) in [4.78, 5) is 11.1. The highest BCUT2D eigenvalue weighted by atomic mass is 35.5. The van der Waals surface area contributed by atoms with Gasteiger partial charge in [0.1, 0.15) is 19.0 Å². The molecule has 2 atom stereocenters. The van der Waals surface area contributed by atoms with Crippen molar-refractivity contribution in [1.29, 1.82) is 0 Å². The molecular formula is C27H23ClO5. The molecule has 3 aromatic rings. The van der Waals surface area contributed by atoms with Crippen molar-refractivity contribution < 1.29 is 24.1 Å². The molecule has 0 bridgehead atoms. The first-order valence-electron chi connectivity index (χ1n) is 10.6. The average molecular weight is 463 g/mol. The number of ether oxygens (including phenoxy) is 3. The third-order valence-corrected chi connectivity index (χ3v) is 5.47. The molecule has 1 N–H and O–H groups in total. The molecular weight excluding hydrogens is 440 g/mol. The standard InChI is InChI=1S/C27H23ClO5/c1-2-4-19(15-27(29)30)18-7-10-23(11-8-18)31-16-24-17-32-25-12-9-21(14-26(25)33-24)20-5-3-6-22(28)13-20/h3,5-14,19,24H,15-17H2,1H3,(H,29,30)/t19-,24-/m0/s1. The predicted octanol–water partition coefficient (Wildman–Crippen LogP) is 5.81. The monoisotopic (exact) mass is 462 g/mol. The van der Waals surface area contributed by atoms with E-state index in [4.69, 9.17) is 30.9 Å². The fourth-order valence-corrected chi connectivity index (χ4v) is 3.82. The molecule has 0 fully saturated rings. The Morgan fingerprint density at radius 2 is 1.91 bits per heavy atom. The Balaban J connectivity index is 1.39. The van der Waals surface area contributed by atoms with Crippen LogP contribution in [0.2, 0.25) is 5.02 Å². The Morgan fingerprint density at radius 1 is 1.12 bits per heavy atom. The van der Waals surface area contributed by atoms with Crippen molar-refractivity contribution in [2.75, 3.05) is 13.2 Å². The van der Waals surface area contributed by atoms with E-state index in [9.17, 15) is 4.79 Å². The Morgan fingerprint density at radius 3 is 2.64 bits per heavy atom. The number of hydrogen-bond donors (Lipinski definition) is 1. The van der Waals surface area contributed by atoms with E-state index in [-0.39, 0.29) is 18.4 Å². The van der Waals surface area contributed by atoms with Crippen LogP contribution >= 0.6 is 11.6 Å². The van der Waals surface area contributed by atoms with Gasteiger partial charge in [-0.1, -0.05) is 47.9 Å². The number of rotatable bonds is 7. The molecule has 0 amide bonds. The van der Waals surface area contributed by atoms with Gasteiger partial charge in [0.2, 0.25) is 0 Å². The molecule has 4 rings (SSSR count). The molecule has 0 aromatic heterocycles. The third kappa shape index (κ3) is 5.79. The van der Waals surface area contributed by atoms with Gasteiger partial charge >= 0.3 is 5.97 Å². The Hall–Kier alpha value is -3.62. The van der Waals surface area contributed by atoms with Crippen LogP contribution in [0.1, 0.15) is 24.8 Å². The van der Waals surface area contributed by atoms with E-state index in [1.807, 2.05) is 66.7 Å². The van der Waals surface area contributed by atoms with Gasteiger partial charge in [0.05, 0.1) is 12.3 Å². The maximum Gasteiger partial charge on any atom is 0.304 e. The fraction of sp³-hybridized carbons (Fsp3) is 0.222. The fourth-order valence-electron chi connectivity index (χ4n) is 3.63. The van der Waals surface area contributed by atoms with Crippen LogP contribution in [0.3, 0.4) is 0 Å². The van der Waals surface area contributed by atoms with E-state index in [2.05, 4.69) is 11.8 Å². The lowest BCUT2D eigenvalue weighted by Crippen LogP contribution is -2.34.